The Kier molecular flexibility index (Phi) is 4.57. The van der Waals surface area contributed by atoms with Gasteiger partial charge in [0.2, 0.25) is 0 Å². The fourth-order valence-electron chi connectivity index (χ4n) is 2.66. The zero-order chi connectivity index (χ0) is 12.1. The lowest BCUT2D eigenvalue weighted by Gasteiger charge is -2.15. The third-order valence-corrected chi connectivity index (χ3v) is 3.80. The van der Waals surface area contributed by atoms with E-state index in [2.05, 4.69) is 36.2 Å². The maximum atomic E-state index is 8.90. The summed E-state index contributed by atoms with van der Waals surface area (Å²) >= 11 is 0. The Bertz CT molecular complexity index is 333. The second-order valence-corrected chi connectivity index (χ2v) is 5.15. The molecule has 1 aliphatic heterocycles. The number of rotatable bonds is 3. The van der Waals surface area contributed by atoms with Crippen LogP contribution in [0.3, 0.4) is 0 Å². The molecule has 1 atom stereocenters. The van der Waals surface area contributed by atoms with Crippen molar-refractivity contribution in [3.05, 3.63) is 35.4 Å². The zero-order valence-corrected chi connectivity index (χ0v) is 10.7. The molecule has 94 valence electrons. The van der Waals surface area contributed by atoms with E-state index < -0.39 is 0 Å². The van der Waals surface area contributed by atoms with Crippen LogP contribution in [0.4, 0.5) is 0 Å². The lowest BCUT2D eigenvalue weighted by molar-refractivity contribution is 0.299. The standard InChI is InChI=1S/C15H23NO/c1-16-10-2-3-14(8-11-16)15-6-4-13(5-7-15)9-12-17/h4-7,14,17H,2-3,8-12H2,1H3. The predicted octanol–water partition coefficient (Wildman–Crippen LogP) is 2.42. The highest BCUT2D eigenvalue weighted by Crippen LogP contribution is 2.27. The van der Waals surface area contributed by atoms with Gasteiger partial charge in [0, 0.05) is 6.61 Å². The largest absolute Gasteiger partial charge is 0.396 e. The molecule has 1 N–H and O–H groups in total. The monoisotopic (exact) mass is 233 g/mol. The Morgan fingerprint density at radius 2 is 1.94 bits per heavy atom. The number of hydrogen-bond donors (Lipinski definition) is 1. The molecular weight excluding hydrogens is 210 g/mol. The van der Waals surface area contributed by atoms with E-state index in [1.807, 2.05) is 0 Å². The van der Waals surface area contributed by atoms with Gasteiger partial charge in [0.05, 0.1) is 0 Å². The van der Waals surface area contributed by atoms with Gasteiger partial charge in [-0.2, -0.15) is 0 Å². The Hall–Kier alpha value is -0.860. The van der Waals surface area contributed by atoms with E-state index in [0.717, 1.165) is 12.3 Å². The van der Waals surface area contributed by atoms with Crippen molar-refractivity contribution in [3.63, 3.8) is 0 Å². The molecule has 2 rings (SSSR count). The topological polar surface area (TPSA) is 23.5 Å². The van der Waals surface area contributed by atoms with Gasteiger partial charge in [0.25, 0.3) is 0 Å². The van der Waals surface area contributed by atoms with Crippen molar-refractivity contribution in [2.45, 2.75) is 31.6 Å². The summed E-state index contributed by atoms with van der Waals surface area (Å²) < 4.78 is 0. The van der Waals surface area contributed by atoms with Gasteiger partial charge < -0.3 is 10.0 Å². The van der Waals surface area contributed by atoms with Gasteiger partial charge in [-0.1, -0.05) is 24.3 Å². The molecule has 2 heteroatoms. The Morgan fingerprint density at radius 3 is 2.65 bits per heavy atom. The van der Waals surface area contributed by atoms with Crippen LogP contribution in [0, 0.1) is 0 Å². The van der Waals surface area contributed by atoms with Gasteiger partial charge in [-0.3, -0.25) is 0 Å². The first-order valence-electron chi connectivity index (χ1n) is 6.68. The third kappa shape index (κ3) is 3.55. The van der Waals surface area contributed by atoms with E-state index in [-0.39, 0.29) is 6.61 Å². The lowest BCUT2D eigenvalue weighted by Crippen LogP contribution is -2.18. The van der Waals surface area contributed by atoms with E-state index in [1.54, 1.807) is 0 Å². The summed E-state index contributed by atoms with van der Waals surface area (Å²) in [5.74, 6) is 0.725. The Morgan fingerprint density at radius 1 is 1.18 bits per heavy atom. The second kappa shape index (κ2) is 6.18. The minimum atomic E-state index is 0.244. The fraction of sp³-hybridized carbons (Fsp3) is 0.600. The number of nitrogens with zero attached hydrogens (tertiary/aromatic N) is 1. The molecule has 0 radical (unpaired) electrons. The van der Waals surface area contributed by atoms with Gasteiger partial charge >= 0.3 is 0 Å². The molecular formula is C15H23NO. The number of aliphatic hydroxyl groups excluding tert-OH is 1. The molecule has 0 aliphatic carbocycles. The Labute approximate surface area is 104 Å². The van der Waals surface area contributed by atoms with Crippen LogP contribution in [0.25, 0.3) is 0 Å². The number of benzene rings is 1. The SMILES string of the molecule is CN1CCCC(c2ccc(CCO)cc2)CC1. The average Bonchev–Trinajstić information content (AvgIpc) is 2.56. The van der Waals surface area contributed by atoms with E-state index in [1.165, 1.54) is 43.5 Å². The van der Waals surface area contributed by atoms with Crippen molar-refractivity contribution >= 4 is 0 Å². The maximum absolute atomic E-state index is 8.90. The molecule has 17 heavy (non-hydrogen) atoms. The fourth-order valence-corrected chi connectivity index (χ4v) is 2.66. The lowest BCUT2D eigenvalue weighted by atomic mass is 9.91. The highest BCUT2D eigenvalue weighted by molar-refractivity contribution is 5.25. The number of aliphatic hydroxyl groups is 1. The van der Waals surface area contributed by atoms with E-state index in [4.69, 9.17) is 5.11 Å². The molecule has 0 bridgehead atoms. The molecule has 0 saturated carbocycles. The highest BCUT2D eigenvalue weighted by atomic mass is 16.2. The van der Waals surface area contributed by atoms with Crippen molar-refractivity contribution in [1.82, 2.24) is 4.90 Å². The molecule has 1 aliphatic rings. The molecule has 0 aromatic heterocycles. The van der Waals surface area contributed by atoms with Crippen molar-refractivity contribution in [3.8, 4) is 0 Å². The summed E-state index contributed by atoms with van der Waals surface area (Å²) in [6.07, 6.45) is 4.66. The first kappa shape index (κ1) is 12.6. The molecule has 1 unspecified atom stereocenters. The van der Waals surface area contributed by atoms with Crippen molar-refractivity contribution < 1.29 is 5.11 Å². The molecule has 1 aromatic rings. The van der Waals surface area contributed by atoms with Crippen molar-refractivity contribution in [1.29, 1.82) is 0 Å². The molecule has 1 saturated heterocycles. The summed E-state index contributed by atoms with van der Waals surface area (Å²) in [7, 11) is 2.22. The van der Waals surface area contributed by atoms with Crippen LogP contribution in [0.1, 0.15) is 36.3 Å². The normalized spacial score (nSPS) is 22.4. The van der Waals surface area contributed by atoms with Crippen molar-refractivity contribution in [2.24, 2.45) is 0 Å². The molecule has 1 fully saturated rings. The second-order valence-electron chi connectivity index (χ2n) is 5.15. The van der Waals surface area contributed by atoms with Crippen molar-refractivity contribution in [2.75, 3.05) is 26.7 Å². The highest BCUT2D eigenvalue weighted by Gasteiger charge is 2.16. The number of likely N-dealkylation sites (tertiary alicyclic amines) is 1. The zero-order valence-electron chi connectivity index (χ0n) is 10.7. The summed E-state index contributed by atoms with van der Waals surface area (Å²) in [5, 5.41) is 8.90. The van der Waals surface area contributed by atoms with E-state index in [0.29, 0.717) is 0 Å². The first-order valence-corrected chi connectivity index (χ1v) is 6.68. The summed E-state index contributed by atoms with van der Waals surface area (Å²) in [4.78, 5) is 2.43. The van der Waals surface area contributed by atoms with Gasteiger partial charge in [-0.15, -0.1) is 0 Å². The molecule has 1 heterocycles. The molecule has 1 aromatic carbocycles. The van der Waals surface area contributed by atoms with Gasteiger partial charge in [0.15, 0.2) is 0 Å². The van der Waals surface area contributed by atoms with Gasteiger partial charge in [-0.25, -0.2) is 0 Å². The van der Waals surface area contributed by atoms with Crippen LogP contribution in [0.2, 0.25) is 0 Å². The van der Waals surface area contributed by atoms with Crippen LogP contribution in [0.5, 0.6) is 0 Å². The molecule has 0 amide bonds. The smallest absolute Gasteiger partial charge is 0.0471 e. The molecule has 2 nitrogen and oxygen atoms in total. The first-order chi connectivity index (χ1) is 8.29. The third-order valence-electron chi connectivity index (χ3n) is 3.80. The molecule has 0 spiro atoms. The maximum Gasteiger partial charge on any atom is 0.0471 e. The van der Waals surface area contributed by atoms with E-state index in [9.17, 15) is 0 Å². The van der Waals surface area contributed by atoms with Crippen LogP contribution in [-0.4, -0.2) is 36.8 Å². The summed E-state index contributed by atoms with van der Waals surface area (Å²) in [6.45, 7) is 2.69. The summed E-state index contributed by atoms with van der Waals surface area (Å²) in [5.41, 5.74) is 2.71. The summed E-state index contributed by atoms with van der Waals surface area (Å²) in [6, 6.07) is 8.84. The van der Waals surface area contributed by atoms with Crippen LogP contribution >= 0.6 is 0 Å². The number of hydrogen-bond acceptors (Lipinski definition) is 2. The minimum Gasteiger partial charge on any atom is -0.396 e. The van der Waals surface area contributed by atoms with Crippen LogP contribution in [-0.2, 0) is 6.42 Å². The Balaban J connectivity index is 2.00. The van der Waals surface area contributed by atoms with E-state index >= 15 is 0 Å². The van der Waals surface area contributed by atoms with Crippen LogP contribution < -0.4 is 0 Å². The van der Waals surface area contributed by atoms with Gasteiger partial charge in [-0.05, 0) is 62.9 Å². The minimum absolute atomic E-state index is 0.244. The predicted molar refractivity (Wildman–Crippen MR) is 71.3 cm³/mol. The van der Waals surface area contributed by atoms with Crippen LogP contribution in [0.15, 0.2) is 24.3 Å². The van der Waals surface area contributed by atoms with Gasteiger partial charge in [0.1, 0.15) is 0 Å². The quantitative estimate of drug-likeness (QED) is 0.866. The average molecular weight is 233 g/mol.